The van der Waals surface area contributed by atoms with Gasteiger partial charge in [0, 0.05) is 31.7 Å². The van der Waals surface area contributed by atoms with E-state index in [-0.39, 0.29) is 18.9 Å². The van der Waals surface area contributed by atoms with Crippen molar-refractivity contribution in [2.75, 3.05) is 45.3 Å². The van der Waals surface area contributed by atoms with Crippen molar-refractivity contribution in [3.05, 3.63) is 29.3 Å². The van der Waals surface area contributed by atoms with Gasteiger partial charge < -0.3 is 10.2 Å². The summed E-state index contributed by atoms with van der Waals surface area (Å²) in [5, 5.41) is 2.85. The van der Waals surface area contributed by atoms with Crippen LogP contribution in [-0.2, 0) is 14.8 Å². The predicted molar refractivity (Wildman–Crippen MR) is 94.1 cm³/mol. The normalized spacial score (nSPS) is 12.0. The highest BCUT2D eigenvalue weighted by Gasteiger charge is 2.18. The number of amides is 1. The second-order valence-corrected chi connectivity index (χ2v) is 7.99. The summed E-state index contributed by atoms with van der Waals surface area (Å²) in [6, 6.07) is 5.72. The summed E-state index contributed by atoms with van der Waals surface area (Å²) < 4.78 is 24.9. The number of carbonyl (C=O) groups is 1. The molecule has 1 N–H and O–H groups in total. The second-order valence-electron chi connectivity index (χ2n) is 6.01. The van der Waals surface area contributed by atoms with Crippen molar-refractivity contribution in [3.63, 3.8) is 0 Å². The third kappa shape index (κ3) is 6.68. The minimum Gasteiger partial charge on any atom is -0.326 e. The maximum atomic E-state index is 12.1. The van der Waals surface area contributed by atoms with Crippen LogP contribution < -0.4 is 5.32 Å². The molecule has 0 radical (unpaired) electrons. The fourth-order valence-electron chi connectivity index (χ4n) is 2.08. The summed E-state index contributed by atoms with van der Waals surface area (Å²) in [5.74, 6) is -0.183. The van der Waals surface area contributed by atoms with Gasteiger partial charge in [-0.2, -0.15) is 0 Å². The van der Waals surface area contributed by atoms with Gasteiger partial charge in [0.1, 0.15) is 0 Å². The molecule has 0 heterocycles. The molecule has 130 valence electrons. The first-order chi connectivity index (χ1) is 10.6. The lowest BCUT2D eigenvalue weighted by Crippen LogP contribution is -2.37. The Hall–Kier alpha value is -1.44. The Kier molecular flexibility index (Phi) is 7.18. The molecule has 1 aromatic rings. The number of hydrogen-bond acceptors (Lipinski definition) is 4. The molecule has 1 rings (SSSR count). The Bertz CT molecular complexity index is 642. The summed E-state index contributed by atoms with van der Waals surface area (Å²) in [6.45, 7) is 5.11. The molecule has 0 aliphatic heterocycles. The van der Waals surface area contributed by atoms with Gasteiger partial charge in [-0.15, -0.1) is 0 Å². The number of aryl methyl sites for hydroxylation is 1. The number of anilines is 1. The first-order valence-corrected chi connectivity index (χ1v) is 9.42. The highest BCUT2D eigenvalue weighted by Crippen LogP contribution is 2.18. The van der Waals surface area contributed by atoms with Gasteiger partial charge >= 0.3 is 0 Å². The molecule has 23 heavy (non-hydrogen) atoms. The number of rotatable bonds is 8. The SMILES string of the molecule is Cc1cccc(NC(=O)CCN(CCN(C)C)S(C)(=O)=O)c1C. The Morgan fingerprint density at radius 1 is 1.13 bits per heavy atom. The lowest BCUT2D eigenvalue weighted by molar-refractivity contribution is -0.116. The summed E-state index contributed by atoms with van der Waals surface area (Å²) in [5.41, 5.74) is 2.90. The van der Waals surface area contributed by atoms with E-state index >= 15 is 0 Å². The smallest absolute Gasteiger partial charge is 0.225 e. The van der Waals surface area contributed by atoms with E-state index in [9.17, 15) is 13.2 Å². The fourth-order valence-corrected chi connectivity index (χ4v) is 2.92. The molecule has 1 aromatic carbocycles. The number of sulfonamides is 1. The zero-order chi connectivity index (χ0) is 17.6. The number of nitrogens with one attached hydrogen (secondary N) is 1. The van der Waals surface area contributed by atoms with Gasteiger partial charge in [0.05, 0.1) is 6.26 Å². The highest BCUT2D eigenvalue weighted by molar-refractivity contribution is 7.88. The Morgan fingerprint density at radius 3 is 2.35 bits per heavy atom. The molecule has 0 saturated carbocycles. The van der Waals surface area contributed by atoms with Gasteiger partial charge in [0.2, 0.25) is 15.9 Å². The van der Waals surface area contributed by atoms with E-state index in [1.54, 1.807) is 0 Å². The number of hydrogen-bond donors (Lipinski definition) is 1. The van der Waals surface area contributed by atoms with Crippen LogP contribution in [0.4, 0.5) is 5.69 Å². The first kappa shape index (κ1) is 19.6. The average Bonchev–Trinajstić information content (AvgIpc) is 2.42. The second kappa shape index (κ2) is 8.42. The van der Waals surface area contributed by atoms with E-state index < -0.39 is 10.0 Å². The van der Waals surface area contributed by atoms with E-state index in [0.29, 0.717) is 13.1 Å². The zero-order valence-electron chi connectivity index (χ0n) is 14.6. The molecule has 0 aliphatic rings. The largest absolute Gasteiger partial charge is 0.326 e. The van der Waals surface area contributed by atoms with Crippen LogP contribution in [-0.4, -0.2) is 63.5 Å². The van der Waals surface area contributed by atoms with Crippen LogP contribution in [0.15, 0.2) is 18.2 Å². The van der Waals surface area contributed by atoms with Gasteiger partial charge in [-0.3, -0.25) is 4.79 Å². The standard InChI is InChI=1S/C16H27N3O3S/c1-13-7-6-8-15(14(13)2)17-16(20)9-10-19(23(5,21)22)12-11-18(3)4/h6-8H,9-12H2,1-5H3,(H,17,20). The van der Waals surface area contributed by atoms with Gasteiger partial charge in [-0.1, -0.05) is 12.1 Å². The van der Waals surface area contributed by atoms with Crippen LogP contribution >= 0.6 is 0 Å². The molecule has 1 amide bonds. The van der Waals surface area contributed by atoms with Crippen molar-refractivity contribution < 1.29 is 13.2 Å². The van der Waals surface area contributed by atoms with Crippen molar-refractivity contribution in [2.45, 2.75) is 20.3 Å². The molecule has 0 aromatic heterocycles. The van der Waals surface area contributed by atoms with Crippen LogP contribution in [0, 0.1) is 13.8 Å². The van der Waals surface area contributed by atoms with Gasteiger partial charge in [-0.25, -0.2) is 12.7 Å². The molecule has 0 spiro atoms. The summed E-state index contributed by atoms with van der Waals surface area (Å²) >= 11 is 0. The fraction of sp³-hybridized carbons (Fsp3) is 0.562. The van der Waals surface area contributed by atoms with Crippen molar-refractivity contribution in [1.82, 2.24) is 9.21 Å². The monoisotopic (exact) mass is 341 g/mol. The van der Waals surface area contributed by atoms with Gasteiger partial charge in [0.15, 0.2) is 0 Å². The first-order valence-electron chi connectivity index (χ1n) is 7.57. The topological polar surface area (TPSA) is 69.7 Å². The number of benzene rings is 1. The number of likely N-dealkylation sites (N-methyl/N-ethyl adjacent to an activating group) is 1. The summed E-state index contributed by atoms with van der Waals surface area (Å²) in [4.78, 5) is 14.0. The van der Waals surface area contributed by atoms with Gasteiger partial charge in [0.25, 0.3) is 0 Å². The molecule has 0 fully saturated rings. The van der Waals surface area contributed by atoms with Crippen LogP contribution in [0.5, 0.6) is 0 Å². The maximum absolute atomic E-state index is 12.1. The van der Waals surface area contributed by atoms with Crippen molar-refractivity contribution in [1.29, 1.82) is 0 Å². The lowest BCUT2D eigenvalue weighted by Gasteiger charge is -2.21. The highest BCUT2D eigenvalue weighted by atomic mass is 32.2. The number of carbonyl (C=O) groups excluding carboxylic acids is 1. The molecule has 7 heteroatoms. The number of nitrogens with zero attached hydrogens (tertiary/aromatic N) is 2. The molecular formula is C16H27N3O3S. The van der Waals surface area contributed by atoms with E-state index in [1.807, 2.05) is 51.0 Å². The lowest BCUT2D eigenvalue weighted by atomic mass is 10.1. The summed E-state index contributed by atoms with van der Waals surface area (Å²) in [6.07, 6.45) is 1.30. The average molecular weight is 341 g/mol. The maximum Gasteiger partial charge on any atom is 0.225 e. The molecule has 6 nitrogen and oxygen atoms in total. The van der Waals surface area contributed by atoms with E-state index in [2.05, 4.69) is 5.32 Å². The molecule has 0 unspecified atom stereocenters. The van der Waals surface area contributed by atoms with Gasteiger partial charge in [-0.05, 0) is 45.1 Å². The molecule has 0 bridgehead atoms. The quantitative estimate of drug-likeness (QED) is 0.777. The predicted octanol–water partition coefficient (Wildman–Crippen LogP) is 1.46. The van der Waals surface area contributed by atoms with Crippen molar-refractivity contribution in [2.24, 2.45) is 0 Å². The Morgan fingerprint density at radius 2 is 1.78 bits per heavy atom. The Labute approximate surface area is 139 Å². The molecular weight excluding hydrogens is 314 g/mol. The van der Waals surface area contributed by atoms with Crippen LogP contribution in [0.2, 0.25) is 0 Å². The van der Waals surface area contributed by atoms with Crippen molar-refractivity contribution in [3.8, 4) is 0 Å². The zero-order valence-corrected chi connectivity index (χ0v) is 15.4. The third-order valence-electron chi connectivity index (χ3n) is 3.73. The van der Waals surface area contributed by atoms with Crippen LogP contribution in [0.1, 0.15) is 17.5 Å². The van der Waals surface area contributed by atoms with Crippen molar-refractivity contribution >= 4 is 21.6 Å². The molecule has 0 atom stereocenters. The van der Waals surface area contributed by atoms with E-state index in [1.165, 1.54) is 10.6 Å². The van der Waals surface area contributed by atoms with E-state index in [0.717, 1.165) is 16.8 Å². The van der Waals surface area contributed by atoms with E-state index in [4.69, 9.17) is 0 Å². The third-order valence-corrected chi connectivity index (χ3v) is 5.04. The van der Waals surface area contributed by atoms with Crippen LogP contribution in [0.3, 0.4) is 0 Å². The summed E-state index contributed by atoms with van der Waals surface area (Å²) in [7, 11) is 0.448. The molecule has 0 aliphatic carbocycles. The minimum absolute atomic E-state index is 0.133. The Balaban J connectivity index is 2.63. The minimum atomic E-state index is -3.32. The van der Waals surface area contributed by atoms with Crippen LogP contribution in [0.25, 0.3) is 0 Å². The molecule has 0 saturated heterocycles.